The second-order valence-corrected chi connectivity index (χ2v) is 11.6. The maximum atomic E-state index is 6.31. The van der Waals surface area contributed by atoms with Gasteiger partial charge in [-0.3, -0.25) is 0 Å². The van der Waals surface area contributed by atoms with Gasteiger partial charge in [-0.15, -0.1) is 0 Å². The third-order valence-corrected chi connectivity index (χ3v) is 9.46. The van der Waals surface area contributed by atoms with Gasteiger partial charge in [-0.2, -0.15) is 0 Å². The predicted octanol–water partition coefficient (Wildman–Crippen LogP) is 4.22. The van der Waals surface area contributed by atoms with E-state index in [1.165, 1.54) is 17.3 Å². The fourth-order valence-electron chi connectivity index (χ4n) is 1.49. The Morgan fingerprint density at radius 1 is 1.29 bits per heavy atom. The molecule has 1 aliphatic rings. The topological polar surface area (TPSA) is 9.23 Å². The molecule has 1 aliphatic carbocycles. The Kier molecular flexibility index (Phi) is 4.09. The Hall–Kier alpha value is 0.907. The van der Waals surface area contributed by atoms with Gasteiger partial charge in [0.1, 0.15) is 0 Å². The Labute approximate surface area is 103 Å². The predicted molar refractivity (Wildman–Crippen MR) is 73.7 cm³/mol. The van der Waals surface area contributed by atoms with Gasteiger partial charge in [-0.05, 0) is 36.9 Å². The van der Waals surface area contributed by atoms with Gasteiger partial charge in [0, 0.05) is 10.5 Å². The summed E-state index contributed by atoms with van der Waals surface area (Å²) in [7, 11) is -1.48. The number of rotatable bonds is 3. The monoisotopic (exact) mass is 326 g/mol. The highest BCUT2D eigenvalue weighted by molar-refractivity contribution is 14.1. The summed E-state index contributed by atoms with van der Waals surface area (Å²) in [5.41, 5.74) is 0. The molecule has 1 rings (SSSR count). The smallest absolute Gasteiger partial charge is 0.192 e. The summed E-state index contributed by atoms with van der Waals surface area (Å²) in [6.45, 7) is 11.6. The van der Waals surface area contributed by atoms with Crippen LogP contribution in [0.25, 0.3) is 0 Å². The van der Waals surface area contributed by atoms with Gasteiger partial charge in [-0.1, -0.05) is 43.4 Å². The summed E-state index contributed by atoms with van der Waals surface area (Å²) in [4.78, 5) is 0. The van der Waals surface area contributed by atoms with Gasteiger partial charge in [0.15, 0.2) is 8.32 Å². The summed E-state index contributed by atoms with van der Waals surface area (Å²) in [6, 6.07) is 0. The largest absolute Gasteiger partial charge is 0.414 e. The van der Waals surface area contributed by atoms with Crippen molar-refractivity contribution in [1.82, 2.24) is 0 Å². The zero-order valence-electron chi connectivity index (χ0n) is 10.1. The van der Waals surface area contributed by atoms with E-state index in [2.05, 4.69) is 56.5 Å². The Morgan fingerprint density at radius 3 is 2.14 bits per heavy atom. The first-order chi connectivity index (χ1) is 6.26. The molecule has 0 N–H and O–H groups in total. The molecule has 1 nitrogen and oxygen atoms in total. The first kappa shape index (κ1) is 13.0. The molecule has 14 heavy (non-hydrogen) atoms. The van der Waals surface area contributed by atoms with Crippen molar-refractivity contribution in [3.63, 3.8) is 0 Å². The number of halogens is 1. The minimum absolute atomic E-state index is 0.364. The lowest BCUT2D eigenvalue weighted by atomic mass is 9.84. The minimum atomic E-state index is -1.48. The fourth-order valence-corrected chi connectivity index (χ4v) is 3.59. The second-order valence-electron chi connectivity index (χ2n) is 5.99. The van der Waals surface area contributed by atoms with Crippen LogP contribution in [0.4, 0.5) is 0 Å². The van der Waals surface area contributed by atoms with Gasteiger partial charge < -0.3 is 4.43 Å². The SMILES string of the molecule is CC(C)(C)[Si](C)(C)OC1CC(CI)C1. The van der Waals surface area contributed by atoms with Crippen LogP contribution < -0.4 is 0 Å². The first-order valence-electron chi connectivity index (χ1n) is 5.50. The number of hydrogen-bond donors (Lipinski definition) is 0. The van der Waals surface area contributed by atoms with Crippen LogP contribution in [-0.2, 0) is 4.43 Å². The molecule has 0 radical (unpaired) electrons. The molecule has 0 spiro atoms. The van der Waals surface area contributed by atoms with Gasteiger partial charge in [0.25, 0.3) is 0 Å². The van der Waals surface area contributed by atoms with Gasteiger partial charge in [0.05, 0.1) is 0 Å². The molecule has 0 atom stereocenters. The van der Waals surface area contributed by atoms with Crippen molar-refractivity contribution in [2.24, 2.45) is 5.92 Å². The van der Waals surface area contributed by atoms with Gasteiger partial charge in [-0.25, -0.2) is 0 Å². The molecule has 0 heterocycles. The van der Waals surface area contributed by atoms with E-state index in [0.29, 0.717) is 11.1 Å². The second kappa shape index (κ2) is 4.42. The van der Waals surface area contributed by atoms with E-state index in [1.807, 2.05) is 0 Å². The van der Waals surface area contributed by atoms with Gasteiger partial charge >= 0.3 is 0 Å². The number of alkyl halides is 1. The van der Waals surface area contributed by atoms with Crippen LogP contribution in [0.1, 0.15) is 33.6 Å². The maximum Gasteiger partial charge on any atom is 0.192 e. The maximum absolute atomic E-state index is 6.31. The lowest BCUT2D eigenvalue weighted by Crippen LogP contribution is -2.47. The molecular weight excluding hydrogens is 303 g/mol. The van der Waals surface area contributed by atoms with Crippen LogP contribution in [-0.4, -0.2) is 18.8 Å². The first-order valence-corrected chi connectivity index (χ1v) is 9.93. The zero-order chi connectivity index (χ0) is 11.0. The fraction of sp³-hybridized carbons (Fsp3) is 1.00. The summed E-state index contributed by atoms with van der Waals surface area (Å²) >= 11 is 2.48. The molecule has 0 aromatic carbocycles. The van der Waals surface area contributed by atoms with E-state index in [0.717, 1.165) is 5.92 Å². The van der Waals surface area contributed by atoms with Crippen molar-refractivity contribution < 1.29 is 4.43 Å². The lowest BCUT2D eigenvalue weighted by Gasteiger charge is -2.44. The lowest BCUT2D eigenvalue weighted by molar-refractivity contribution is 0.0641. The summed E-state index contributed by atoms with van der Waals surface area (Å²) in [6.07, 6.45) is 3.18. The third kappa shape index (κ3) is 2.95. The molecule has 0 bridgehead atoms. The molecule has 84 valence electrons. The van der Waals surface area contributed by atoms with Crippen molar-refractivity contribution in [3.8, 4) is 0 Å². The highest BCUT2D eigenvalue weighted by Gasteiger charge is 2.41. The average molecular weight is 326 g/mol. The Morgan fingerprint density at radius 2 is 1.79 bits per heavy atom. The van der Waals surface area contributed by atoms with E-state index in [-0.39, 0.29) is 0 Å². The van der Waals surface area contributed by atoms with Crippen LogP contribution in [0.15, 0.2) is 0 Å². The molecule has 0 saturated heterocycles. The third-order valence-electron chi connectivity index (χ3n) is 3.68. The van der Waals surface area contributed by atoms with Crippen molar-refractivity contribution in [2.45, 2.75) is 57.8 Å². The van der Waals surface area contributed by atoms with Gasteiger partial charge in [0.2, 0.25) is 0 Å². The molecule has 3 heteroatoms. The van der Waals surface area contributed by atoms with Crippen molar-refractivity contribution in [2.75, 3.05) is 4.43 Å². The Balaban J connectivity index is 2.38. The standard InChI is InChI=1S/C11H23IOSi/c1-11(2,3)14(4,5)13-10-6-9(7-10)8-12/h9-10H,6-8H2,1-5H3. The molecule has 1 fully saturated rings. The molecule has 0 aliphatic heterocycles. The molecule has 1 saturated carbocycles. The summed E-state index contributed by atoms with van der Waals surface area (Å²) in [5.74, 6) is 0.936. The average Bonchev–Trinajstić information content (AvgIpc) is 1.93. The molecule has 0 amide bonds. The highest BCUT2D eigenvalue weighted by Crippen LogP contribution is 2.41. The minimum Gasteiger partial charge on any atom is -0.414 e. The van der Waals surface area contributed by atoms with Crippen LogP contribution in [0.2, 0.25) is 18.1 Å². The van der Waals surface area contributed by atoms with Crippen molar-refractivity contribution in [1.29, 1.82) is 0 Å². The quantitative estimate of drug-likeness (QED) is 0.429. The van der Waals surface area contributed by atoms with Crippen molar-refractivity contribution >= 4 is 30.9 Å². The van der Waals surface area contributed by atoms with Crippen LogP contribution in [0.5, 0.6) is 0 Å². The molecular formula is C11H23IOSi. The molecule has 0 aromatic rings. The van der Waals surface area contributed by atoms with Crippen molar-refractivity contribution in [3.05, 3.63) is 0 Å². The zero-order valence-corrected chi connectivity index (χ0v) is 13.2. The normalized spacial score (nSPS) is 28.7. The number of hydrogen-bond acceptors (Lipinski definition) is 1. The molecule has 0 aromatic heterocycles. The van der Waals surface area contributed by atoms with E-state index < -0.39 is 8.32 Å². The summed E-state index contributed by atoms with van der Waals surface area (Å²) < 4.78 is 7.61. The van der Waals surface area contributed by atoms with Crippen LogP contribution >= 0.6 is 22.6 Å². The molecule has 0 unspecified atom stereocenters. The summed E-state index contributed by atoms with van der Waals surface area (Å²) in [5, 5.41) is 0.364. The van der Waals surface area contributed by atoms with E-state index in [9.17, 15) is 0 Å². The van der Waals surface area contributed by atoms with E-state index in [4.69, 9.17) is 4.43 Å². The Bertz CT molecular complexity index is 192. The van der Waals surface area contributed by atoms with Crippen LogP contribution in [0, 0.1) is 5.92 Å². The van der Waals surface area contributed by atoms with E-state index in [1.54, 1.807) is 0 Å². The van der Waals surface area contributed by atoms with E-state index >= 15 is 0 Å². The highest BCUT2D eigenvalue weighted by atomic mass is 127. The van der Waals surface area contributed by atoms with Crippen LogP contribution in [0.3, 0.4) is 0 Å².